The van der Waals surface area contributed by atoms with Crippen molar-refractivity contribution < 1.29 is 19.4 Å². The van der Waals surface area contributed by atoms with Crippen LogP contribution in [0.2, 0.25) is 5.15 Å². The topological polar surface area (TPSA) is 178 Å². The average Bonchev–Trinajstić information content (AvgIpc) is 2.84. The summed E-state index contributed by atoms with van der Waals surface area (Å²) in [4.78, 5) is 32.1. The number of nitrogens with zero attached hydrogens (tertiary/aromatic N) is 2. The molecule has 12 heteroatoms. The zero-order valence-electron chi connectivity index (χ0n) is 19.1. The summed E-state index contributed by atoms with van der Waals surface area (Å²) in [5.41, 5.74) is 10.9. The second kappa shape index (κ2) is 12.2. The Kier molecular flexibility index (Phi) is 9.01. The highest BCUT2D eigenvalue weighted by atomic mass is 35.5. The van der Waals surface area contributed by atoms with Crippen molar-refractivity contribution in [1.29, 1.82) is 0 Å². The van der Waals surface area contributed by atoms with Crippen molar-refractivity contribution in [3.8, 4) is 5.75 Å². The lowest BCUT2D eigenvalue weighted by molar-refractivity contribution is -0.122. The third kappa shape index (κ3) is 7.15. The van der Waals surface area contributed by atoms with Gasteiger partial charge in [0.25, 0.3) is 5.91 Å². The molecule has 0 saturated carbocycles. The molecule has 2 atom stereocenters. The van der Waals surface area contributed by atoms with E-state index in [-0.39, 0.29) is 42.2 Å². The van der Waals surface area contributed by atoms with Gasteiger partial charge in [-0.15, -0.1) is 0 Å². The first-order valence-corrected chi connectivity index (χ1v) is 11.3. The smallest absolute Gasteiger partial charge is 0.274 e. The summed E-state index contributed by atoms with van der Waals surface area (Å²) in [6, 6.07) is 12.8. The molecule has 35 heavy (non-hydrogen) atoms. The molecule has 3 aromatic rings. The van der Waals surface area contributed by atoms with Crippen molar-refractivity contribution >= 4 is 45.8 Å². The number of ether oxygens (including phenoxy) is 1. The van der Waals surface area contributed by atoms with E-state index in [1.165, 1.54) is 6.92 Å². The van der Waals surface area contributed by atoms with E-state index in [0.29, 0.717) is 12.3 Å². The van der Waals surface area contributed by atoms with Crippen LogP contribution in [0.3, 0.4) is 0 Å². The molecule has 0 aliphatic rings. The number of carbonyl (C=O) groups is 2. The number of aliphatic hydroxyl groups is 1. The molecular weight excluding hydrogens is 474 g/mol. The Morgan fingerprint density at radius 2 is 1.83 bits per heavy atom. The molecule has 2 amide bonds. The van der Waals surface area contributed by atoms with Gasteiger partial charge in [0.05, 0.1) is 0 Å². The minimum absolute atomic E-state index is 0.0933. The molecule has 0 fully saturated rings. The fourth-order valence-electron chi connectivity index (χ4n) is 3.20. The Morgan fingerprint density at radius 1 is 1.09 bits per heavy atom. The minimum Gasteiger partial charge on any atom is -0.490 e. The minimum atomic E-state index is -0.861. The van der Waals surface area contributed by atoms with E-state index < -0.39 is 24.0 Å². The first-order valence-electron chi connectivity index (χ1n) is 10.9. The number of fused-ring (bicyclic) bond motifs is 1. The van der Waals surface area contributed by atoms with Crippen molar-refractivity contribution in [2.24, 2.45) is 0 Å². The summed E-state index contributed by atoms with van der Waals surface area (Å²) in [6.45, 7) is 2.60. The lowest BCUT2D eigenvalue weighted by Crippen LogP contribution is -2.47. The first kappa shape index (κ1) is 25.9. The Bertz CT molecular complexity index is 1190. The second-order valence-electron chi connectivity index (χ2n) is 7.77. The number of aromatic nitrogens is 2. The number of nitrogen functional groups attached to an aromatic ring is 2. The third-order valence-corrected chi connectivity index (χ3v) is 5.30. The number of nitrogens with two attached hydrogens (primary N) is 2. The van der Waals surface area contributed by atoms with E-state index in [2.05, 4.69) is 25.9 Å². The number of rotatable bonds is 11. The van der Waals surface area contributed by atoms with E-state index >= 15 is 0 Å². The van der Waals surface area contributed by atoms with Crippen LogP contribution < -0.4 is 32.2 Å². The zero-order valence-corrected chi connectivity index (χ0v) is 19.9. The van der Waals surface area contributed by atoms with Crippen molar-refractivity contribution in [2.75, 3.05) is 37.7 Å². The largest absolute Gasteiger partial charge is 0.490 e. The molecule has 3 rings (SSSR count). The van der Waals surface area contributed by atoms with Gasteiger partial charge in [0.1, 0.15) is 24.5 Å². The fraction of sp³-hybridized carbons (Fsp3) is 0.304. The number of carbonyl (C=O) groups excluding carboxylic acids is 2. The van der Waals surface area contributed by atoms with Gasteiger partial charge < -0.3 is 37.3 Å². The van der Waals surface area contributed by atoms with Crippen molar-refractivity contribution in [3.05, 3.63) is 53.3 Å². The Balaban J connectivity index is 1.34. The SMILES string of the molecule is C[C@@H](NC(=O)c1nc(Cl)c(N)nc1N)C(=O)NCCNCC(O)COc1cccc2ccccc12. The molecule has 0 bridgehead atoms. The van der Waals surface area contributed by atoms with Gasteiger partial charge in [-0.1, -0.05) is 48.0 Å². The predicted octanol–water partition coefficient (Wildman–Crippen LogP) is 0.712. The normalized spacial score (nSPS) is 12.7. The van der Waals surface area contributed by atoms with Crippen molar-refractivity contribution in [3.63, 3.8) is 0 Å². The number of nitrogens with one attached hydrogen (secondary N) is 3. The maximum atomic E-state index is 12.3. The highest BCUT2D eigenvalue weighted by Gasteiger charge is 2.21. The number of aliphatic hydroxyl groups excluding tert-OH is 1. The van der Waals surface area contributed by atoms with E-state index in [4.69, 9.17) is 27.8 Å². The molecule has 1 unspecified atom stereocenters. The van der Waals surface area contributed by atoms with Crippen molar-refractivity contribution in [2.45, 2.75) is 19.1 Å². The molecule has 0 aliphatic heterocycles. The number of halogens is 1. The lowest BCUT2D eigenvalue weighted by Gasteiger charge is -2.16. The maximum Gasteiger partial charge on any atom is 0.274 e. The molecule has 1 aromatic heterocycles. The molecule has 0 radical (unpaired) electrons. The van der Waals surface area contributed by atoms with Crippen LogP contribution in [0.15, 0.2) is 42.5 Å². The Hall–Kier alpha value is -3.67. The molecule has 2 aromatic carbocycles. The summed E-state index contributed by atoms with van der Waals surface area (Å²) in [6.07, 6.45) is -0.735. The standard InChI is InChI=1S/C23H28ClN7O4/c1-13(29-23(34)18-20(25)31-21(26)19(24)30-18)22(33)28-10-9-27-11-15(32)12-35-17-8-4-6-14-5-2-3-7-16(14)17/h2-8,13,15,27,32H,9-12H2,1H3,(H,28,33)(H,29,34)(H4,25,26,31)/t13-,15?/m1/s1. The van der Waals surface area contributed by atoms with Crippen LogP contribution in [-0.2, 0) is 4.79 Å². The number of hydrogen-bond donors (Lipinski definition) is 6. The average molecular weight is 502 g/mol. The summed E-state index contributed by atoms with van der Waals surface area (Å²) in [5.74, 6) is -0.687. The monoisotopic (exact) mass is 501 g/mol. The van der Waals surface area contributed by atoms with Gasteiger partial charge in [0.15, 0.2) is 22.5 Å². The molecule has 11 nitrogen and oxygen atoms in total. The van der Waals surface area contributed by atoms with Crippen LogP contribution in [0.1, 0.15) is 17.4 Å². The molecule has 1 heterocycles. The van der Waals surface area contributed by atoms with Crippen LogP contribution in [0, 0.1) is 0 Å². The van der Waals surface area contributed by atoms with Gasteiger partial charge in [-0.25, -0.2) is 9.97 Å². The number of anilines is 2. The molecule has 0 saturated heterocycles. The van der Waals surface area contributed by atoms with Gasteiger partial charge in [0, 0.05) is 25.0 Å². The first-order chi connectivity index (χ1) is 16.8. The maximum absolute atomic E-state index is 12.3. The van der Waals surface area contributed by atoms with Crippen LogP contribution in [-0.4, -0.2) is 65.3 Å². The summed E-state index contributed by atoms with van der Waals surface area (Å²) in [7, 11) is 0. The van der Waals surface area contributed by atoms with E-state index in [0.717, 1.165) is 10.8 Å². The van der Waals surface area contributed by atoms with Crippen LogP contribution in [0.25, 0.3) is 10.8 Å². The number of hydrogen-bond acceptors (Lipinski definition) is 9. The van der Waals surface area contributed by atoms with Gasteiger partial charge in [0.2, 0.25) is 5.91 Å². The molecule has 186 valence electrons. The molecule has 0 spiro atoms. The highest BCUT2D eigenvalue weighted by molar-refractivity contribution is 6.31. The van der Waals surface area contributed by atoms with Crippen LogP contribution in [0.4, 0.5) is 11.6 Å². The number of amides is 2. The van der Waals surface area contributed by atoms with E-state index in [1.807, 2.05) is 42.5 Å². The van der Waals surface area contributed by atoms with Crippen LogP contribution in [0.5, 0.6) is 5.75 Å². The van der Waals surface area contributed by atoms with Gasteiger partial charge in [-0.3, -0.25) is 9.59 Å². The molecule has 0 aliphatic carbocycles. The summed E-state index contributed by atoms with van der Waals surface area (Å²) >= 11 is 5.78. The highest BCUT2D eigenvalue weighted by Crippen LogP contribution is 2.25. The quantitative estimate of drug-likeness (QED) is 0.206. The molecule has 8 N–H and O–H groups in total. The Labute approximate surface area is 207 Å². The summed E-state index contributed by atoms with van der Waals surface area (Å²) in [5, 5.41) is 20.3. The fourth-order valence-corrected chi connectivity index (χ4v) is 3.33. The summed E-state index contributed by atoms with van der Waals surface area (Å²) < 4.78 is 5.77. The van der Waals surface area contributed by atoms with E-state index in [9.17, 15) is 14.7 Å². The zero-order chi connectivity index (χ0) is 25.4. The third-order valence-electron chi connectivity index (χ3n) is 5.02. The Morgan fingerprint density at radius 3 is 2.63 bits per heavy atom. The predicted molar refractivity (Wildman–Crippen MR) is 134 cm³/mol. The van der Waals surface area contributed by atoms with Gasteiger partial charge in [-0.05, 0) is 18.4 Å². The molecular formula is C23H28ClN7O4. The lowest BCUT2D eigenvalue weighted by atomic mass is 10.1. The van der Waals surface area contributed by atoms with Crippen LogP contribution >= 0.6 is 11.6 Å². The van der Waals surface area contributed by atoms with Gasteiger partial charge in [-0.2, -0.15) is 0 Å². The van der Waals surface area contributed by atoms with E-state index in [1.54, 1.807) is 0 Å². The number of benzene rings is 2. The second-order valence-corrected chi connectivity index (χ2v) is 8.12. The van der Waals surface area contributed by atoms with Crippen molar-refractivity contribution in [1.82, 2.24) is 25.9 Å². The van der Waals surface area contributed by atoms with Gasteiger partial charge >= 0.3 is 0 Å².